The average Bonchev–Trinajstić information content (AvgIpc) is 2.41. The summed E-state index contributed by atoms with van der Waals surface area (Å²) in [4.78, 5) is 31.4. The van der Waals surface area contributed by atoms with Crippen molar-refractivity contribution in [1.82, 2.24) is 0 Å². The van der Waals surface area contributed by atoms with Gasteiger partial charge < -0.3 is 20.1 Å². The molecule has 0 amide bonds. The van der Waals surface area contributed by atoms with Gasteiger partial charge in [-0.2, -0.15) is 0 Å². The van der Waals surface area contributed by atoms with Crippen molar-refractivity contribution in [3.05, 3.63) is 0 Å². The first-order chi connectivity index (χ1) is 9.34. The fraction of sp³-hybridized carbons (Fsp3) is 0.800. The summed E-state index contributed by atoms with van der Waals surface area (Å²) in [5.41, 5.74) is 4.95. The highest BCUT2D eigenvalue weighted by atomic mass is 31.2. The lowest BCUT2D eigenvalue weighted by molar-refractivity contribution is -0.160. The highest BCUT2D eigenvalue weighted by Gasteiger charge is 2.25. The summed E-state index contributed by atoms with van der Waals surface area (Å²) in [6.45, 7) is 1.94. The van der Waals surface area contributed by atoms with Crippen molar-refractivity contribution in [1.29, 1.82) is 0 Å². The number of carbonyl (C=O) groups is 2. The number of hydrogen-bond donors (Lipinski definition) is 2. The number of carbonyl (C=O) groups excluding carboxylic acids is 2. The molecule has 0 saturated carbocycles. The first-order valence-corrected chi connectivity index (χ1v) is 7.51. The number of ether oxygens (including phenoxy) is 2. The number of rotatable bonds is 10. The van der Waals surface area contributed by atoms with Gasteiger partial charge in [0.1, 0.15) is 13.3 Å². The number of hydrogen-bond acceptors (Lipinski definition) is 8. The second kappa shape index (κ2) is 9.84. The van der Waals surface area contributed by atoms with Crippen LogP contribution in [0.5, 0.6) is 0 Å². The molecule has 118 valence electrons. The lowest BCUT2D eigenvalue weighted by Crippen LogP contribution is -2.29. The third-order valence-electron chi connectivity index (χ3n) is 1.97. The van der Waals surface area contributed by atoms with Gasteiger partial charge in [-0.15, -0.1) is 0 Å². The van der Waals surface area contributed by atoms with Crippen molar-refractivity contribution in [2.24, 2.45) is 5.73 Å². The standard InChI is InChI=1S/C10H20NO8P/c1-3-9(12)16-5-8(19-10(13)4-2)6-17-20(14,15)18-7-11/h8H,3-7,11H2,1-2H3,(H,14,15)/t8-/m0/s1. The Morgan fingerprint density at radius 1 is 1.15 bits per heavy atom. The summed E-state index contributed by atoms with van der Waals surface area (Å²) in [6, 6.07) is 0. The van der Waals surface area contributed by atoms with Gasteiger partial charge in [-0.25, -0.2) is 4.57 Å². The zero-order valence-electron chi connectivity index (χ0n) is 11.4. The molecule has 0 bridgehead atoms. The van der Waals surface area contributed by atoms with Gasteiger partial charge in [0.25, 0.3) is 0 Å². The van der Waals surface area contributed by atoms with Gasteiger partial charge in [-0.05, 0) is 0 Å². The van der Waals surface area contributed by atoms with Crippen molar-refractivity contribution in [3.8, 4) is 0 Å². The molecule has 2 atom stereocenters. The summed E-state index contributed by atoms with van der Waals surface area (Å²) in [7, 11) is -4.31. The van der Waals surface area contributed by atoms with Crippen molar-refractivity contribution in [3.63, 3.8) is 0 Å². The van der Waals surface area contributed by atoms with Gasteiger partial charge in [-0.1, -0.05) is 13.8 Å². The van der Waals surface area contributed by atoms with E-state index in [0.29, 0.717) is 0 Å². The zero-order chi connectivity index (χ0) is 15.6. The molecule has 0 aliphatic rings. The molecular weight excluding hydrogens is 293 g/mol. The maximum atomic E-state index is 11.3. The van der Waals surface area contributed by atoms with E-state index in [9.17, 15) is 14.2 Å². The van der Waals surface area contributed by atoms with Crippen LogP contribution < -0.4 is 5.73 Å². The summed E-state index contributed by atoms with van der Waals surface area (Å²) >= 11 is 0. The molecule has 0 rings (SSSR count). The molecule has 10 heteroatoms. The van der Waals surface area contributed by atoms with Gasteiger partial charge in [0.2, 0.25) is 0 Å². The first kappa shape index (κ1) is 19.0. The number of phosphoric acid groups is 1. The van der Waals surface area contributed by atoms with Crippen molar-refractivity contribution < 1.29 is 37.6 Å². The van der Waals surface area contributed by atoms with E-state index in [2.05, 4.69) is 9.05 Å². The Labute approximate surface area is 116 Å². The Bertz CT molecular complexity index is 361. The third kappa shape index (κ3) is 9.00. The van der Waals surface area contributed by atoms with Gasteiger partial charge in [0.15, 0.2) is 6.10 Å². The van der Waals surface area contributed by atoms with Crippen LogP contribution in [0.3, 0.4) is 0 Å². The maximum absolute atomic E-state index is 11.3. The van der Waals surface area contributed by atoms with E-state index >= 15 is 0 Å². The lowest BCUT2D eigenvalue weighted by Gasteiger charge is -2.19. The van der Waals surface area contributed by atoms with E-state index in [1.165, 1.54) is 0 Å². The third-order valence-corrected chi connectivity index (χ3v) is 2.92. The molecule has 0 heterocycles. The van der Waals surface area contributed by atoms with Crippen LogP contribution in [0.15, 0.2) is 0 Å². The fourth-order valence-electron chi connectivity index (χ4n) is 0.982. The molecule has 3 N–H and O–H groups in total. The monoisotopic (exact) mass is 313 g/mol. The Balaban J connectivity index is 4.40. The lowest BCUT2D eigenvalue weighted by atomic mass is 10.4. The molecule has 9 nitrogen and oxygen atoms in total. The van der Waals surface area contributed by atoms with Crippen LogP contribution in [-0.4, -0.2) is 42.9 Å². The summed E-state index contributed by atoms with van der Waals surface area (Å²) < 4.78 is 29.8. The van der Waals surface area contributed by atoms with E-state index in [1.54, 1.807) is 13.8 Å². The minimum Gasteiger partial charge on any atom is -0.462 e. The summed E-state index contributed by atoms with van der Waals surface area (Å²) in [5.74, 6) is -1.05. The van der Waals surface area contributed by atoms with Crippen LogP contribution in [0, 0.1) is 0 Å². The molecule has 0 fully saturated rings. The molecule has 0 aromatic heterocycles. The molecule has 20 heavy (non-hydrogen) atoms. The van der Waals surface area contributed by atoms with Crippen LogP contribution in [0.1, 0.15) is 26.7 Å². The second-order valence-corrected chi connectivity index (χ2v) is 5.02. The first-order valence-electron chi connectivity index (χ1n) is 6.01. The van der Waals surface area contributed by atoms with E-state index in [4.69, 9.17) is 20.1 Å². The van der Waals surface area contributed by atoms with E-state index in [-0.39, 0.29) is 19.4 Å². The van der Waals surface area contributed by atoms with Gasteiger partial charge in [-0.3, -0.25) is 18.6 Å². The smallest absolute Gasteiger partial charge is 0.462 e. The Kier molecular flexibility index (Phi) is 9.35. The Hall–Kier alpha value is -0.990. The highest BCUT2D eigenvalue weighted by molar-refractivity contribution is 7.47. The van der Waals surface area contributed by atoms with E-state index in [0.717, 1.165) is 0 Å². The second-order valence-electron chi connectivity index (χ2n) is 3.56. The SMILES string of the molecule is CCC(=O)OC[C@@H](COP(=O)(O)OCN)OC(=O)CC. The van der Waals surface area contributed by atoms with Crippen LogP contribution in [0.2, 0.25) is 0 Å². The average molecular weight is 313 g/mol. The summed E-state index contributed by atoms with van der Waals surface area (Å²) in [6.07, 6.45) is -0.738. The highest BCUT2D eigenvalue weighted by Crippen LogP contribution is 2.42. The van der Waals surface area contributed by atoms with Crippen LogP contribution in [0.4, 0.5) is 0 Å². The molecule has 0 aromatic carbocycles. The minimum absolute atomic E-state index is 0.105. The van der Waals surface area contributed by atoms with E-state index < -0.39 is 39.2 Å². The molecule has 0 aliphatic heterocycles. The molecular formula is C10H20NO8P. The Morgan fingerprint density at radius 3 is 2.25 bits per heavy atom. The minimum atomic E-state index is -4.31. The number of esters is 2. The summed E-state index contributed by atoms with van der Waals surface area (Å²) in [5, 5.41) is 0. The van der Waals surface area contributed by atoms with Crippen molar-refractivity contribution >= 4 is 19.8 Å². The molecule has 0 saturated heterocycles. The molecule has 0 spiro atoms. The van der Waals surface area contributed by atoms with Gasteiger partial charge in [0.05, 0.1) is 6.61 Å². The predicted molar refractivity (Wildman–Crippen MR) is 67.3 cm³/mol. The largest absolute Gasteiger partial charge is 0.473 e. The quantitative estimate of drug-likeness (QED) is 0.332. The number of nitrogens with two attached hydrogens (primary N) is 1. The maximum Gasteiger partial charge on any atom is 0.473 e. The van der Waals surface area contributed by atoms with Crippen LogP contribution in [0.25, 0.3) is 0 Å². The zero-order valence-corrected chi connectivity index (χ0v) is 12.3. The molecule has 0 aliphatic carbocycles. The fourth-order valence-corrected chi connectivity index (χ4v) is 1.60. The Morgan fingerprint density at radius 2 is 1.75 bits per heavy atom. The van der Waals surface area contributed by atoms with Crippen LogP contribution >= 0.6 is 7.82 Å². The van der Waals surface area contributed by atoms with Crippen molar-refractivity contribution in [2.45, 2.75) is 32.8 Å². The van der Waals surface area contributed by atoms with Gasteiger partial charge in [0, 0.05) is 12.8 Å². The normalized spacial score (nSPS) is 15.2. The van der Waals surface area contributed by atoms with Gasteiger partial charge >= 0.3 is 19.8 Å². The molecule has 1 unspecified atom stereocenters. The predicted octanol–water partition coefficient (Wildman–Crippen LogP) is 0.311. The topological polar surface area (TPSA) is 134 Å². The van der Waals surface area contributed by atoms with E-state index in [1.807, 2.05) is 0 Å². The van der Waals surface area contributed by atoms with Crippen molar-refractivity contribution in [2.75, 3.05) is 19.9 Å². The number of phosphoric ester groups is 1. The molecule has 0 radical (unpaired) electrons. The molecule has 0 aromatic rings. The van der Waals surface area contributed by atoms with Crippen LogP contribution in [-0.2, 0) is 32.7 Å².